The van der Waals surface area contributed by atoms with Crippen LogP contribution in [-0.4, -0.2) is 81.7 Å². The molecule has 1 amide bonds. The van der Waals surface area contributed by atoms with Crippen molar-refractivity contribution >= 4 is 11.6 Å². The Bertz CT molecular complexity index is 666. The molecule has 0 saturated carbocycles. The van der Waals surface area contributed by atoms with Crippen molar-refractivity contribution in [2.45, 2.75) is 25.3 Å². The van der Waals surface area contributed by atoms with E-state index in [4.69, 9.17) is 4.74 Å². The number of para-hydroxylation sites is 2. The van der Waals surface area contributed by atoms with Crippen LogP contribution in [0, 0.1) is 5.41 Å². The third kappa shape index (κ3) is 3.65. The molecule has 0 radical (unpaired) electrons. The lowest BCUT2D eigenvalue weighted by Gasteiger charge is -2.38. The Kier molecular flexibility index (Phi) is 5.28. The number of likely N-dealkylation sites (tertiary alicyclic amines) is 1. The van der Waals surface area contributed by atoms with Crippen molar-refractivity contribution < 1.29 is 9.53 Å². The van der Waals surface area contributed by atoms with Crippen molar-refractivity contribution in [3.8, 4) is 5.75 Å². The predicted octanol–water partition coefficient (Wildman–Crippen LogP) is 1.42. The van der Waals surface area contributed by atoms with Gasteiger partial charge in [-0.1, -0.05) is 12.1 Å². The van der Waals surface area contributed by atoms with Crippen molar-refractivity contribution in [3.63, 3.8) is 0 Å². The Morgan fingerprint density at radius 3 is 2.56 bits per heavy atom. The lowest BCUT2D eigenvalue weighted by molar-refractivity contribution is -0.135. The van der Waals surface area contributed by atoms with Crippen LogP contribution in [0.5, 0.6) is 5.75 Å². The summed E-state index contributed by atoms with van der Waals surface area (Å²) in [5.41, 5.74) is 1.47. The number of nitrogens with zero attached hydrogens (tertiary/aromatic N) is 3. The average molecular weight is 373 g/mol. The van der Waals surface area contributed by atoms with E-state index in [2.05, 4.69) is 33.1 Å². The molecule has 1 aromatic rings. The topological polar surface area (TPSA) is 48.1 Å². The third-order valence-corrected chi connectivity index (χ3v) is 6.71. The molecule has 1 aromatic carbocycles. The molecule has 1 spiro atoms. The molecule has 6 heteroatoms. The van der Waals surface area contributed by atoms with Crippen LogP contribution in [0.1, 0.15) is 19.3 Å². The molecular weight excluding hydrogens is 340 g/mol. The number of carbonyl (C=O) groups is 1. The van der Waals surface area contributed by atoms with Gasteiger partial charge in [0.15, 0.2) is 0 Å². The number of nitrogens with one attached hydrogen (secondary N) is 1. The lowest BCUT2D eigenvalue weighted by Crippen LogP contribution is -2.53. The third-order valence-electron chi connectivity index (χ3n) is 6.71. The molecule has 3 aliphatic rings. The van der Waals surface area contributed by atoms with E-state index in [0.29, 0.717) is 11.3 Å². The van der Waals surface area contributed by atoms with Crippen molar-refractivity contribution in [2.24, 2.45) is 5.41 Å². The number of methoxy groups -OCH3 is 1. The van der Waals surface area contributed by atoms with Crippen LogP contribution in [0.25, 0.3) is 0 Å². The molecule has 0 aromatic heterocycles. The largest absolute Gasteiger partial charge is 0.495 e. The van der Waals surface area contributed by atoms with Crippen LogP contribution in [0.3, 0.4) is 0 Å². The smallest absolute Gasteiger partial charge is 0.240 e. The molecule has 1 atom stereocenters. The quantitative estimate of drug-likeness (QED) is 0.870. The highest BCUT2D eigenvalue weighted by Crippen LogP contribution is 2.41. The van der Waals surface area contributed by atoms with Crippen molar-refractivity contribution in [1.29, 1.82) is 0 Å². The van der Waals surface area contributed by atoms with Gasteiger partial charge in [-0.2, -0.15) is 0 Å². The molecule has 4 rings (SSSR count). The van der Waals surface area contributed by atoms with Gasteiger partial charge in [0, 0.05) is 32.7 Å². The van der Waals surface area contributed by atoms with E-state index in [0.717, 1.165) is 63.7 Å². The standard InChI is InChI=1S/C21H32N4O2/c1-23-16-21(7-9-22-10-8-21)15-18(23)20(26)25-13-11-24(12-14-25)17-5-3-4-6-19(17)27-2/h3-6,18,22H,7-16H2,1-2H3/t18-/m1/s1. The maximum Gasteiger partial charge on any atom is 0.240 e. The van der Waals surface area contributed by atoms with Crippen molar-refractivity contribution in [3.05, 3.63) is 24.3 Å². The normalized spacial score (nSPS) is 25.8. The van der Waals surface area contributed by atoms with Gasteiger partial charge in [0.25, 0.3) is 0 Å². The van der Waals surface area contributed by atoms with E-state index in [1.165, 1.54) is 12.8 Å². The van der Waals surface area contributed by atoms with Gasteiger partial charge in [0.05, 0.1) is 18.8 Å². The Morgan fingerprint density at radius 1 is 1.15 bits per heavy atom. The number of anilines is 1. The van der Waals surface area contributed by atoms with Crippen LogP contribution in [-0.2, 0) is 4.79 Å². The van der Waals surface area contributed by atoms with Crippen molar-refractivity contribution in [2.75, 3.05) is 64.9 Å². The van der Waals surface area contributed by atoms with Gasteiger partial charge in [-0.15, -0.1) is 0 Å². The minimum atomic E-state index is 0.0564. The summed E-state index contributed by atoms with van der Waals surface area (Å²) >= 11 is 0. The molecule has 3 aliphatic heterocycles. The first kappa shape index (κ1) is 18.6. The summed E-state index contributed by atoms with van der Waals surface area (Å²) < 4.78 is 5.50. The molecule has 6 nitrogen and oxygen atoms in total. The van der Waals surface area contributed by atoms with E-state index >= 15 is 0 Å². The summed E-state index contributed by atoms with van der Waals surface area (Å²) in [5, 5.41) is 3.46. The second-order valence-electron chi connectivity index (χ2n) is 8.37. The number of carbonyl (C=O) groups excluding carboxylic acids is 1. The summed E-state index contributed by atoms with van der Waals surface area (Å²) in [7, 11) is 3.84. The molecule has 3 heterocycles. The monoisotopic (exact) mass is 372 g/mol. The number of rotatable bonds is 3. The highest BCUT2D eigenvalue weighted by atomic mass is 16.5. The fourth-order valence-corrected chi connectivity index (χ4v) is 5.13. The number of benzene rings is 1. The number of piperidine rings is 1. The molecule has 0 aliphatic carbocycles. The van der Waals surface area contributed by atoms with Crippen LogP contribution < -0.4 is 15.0 Å². The number of piperazine rings is 1. The predicted molar refractivity (Wildman–Crippen MR) is 107 cm³/mol. The first-order valence-corrected chi connectivity index (χ1v) is 10.2. The summed E-state index contributed by atoms with van der Waals surface area (Å²) in [6, 6.07) is 8.19. The van der Waals surface area contributed by atoms with E-state index in [1.54, 1.807) is 7.11 Å². The van der Waals surface area contributed by atoms with Gasteiger partial charge in [-0.3, -0.25) is 9.69 Å². The first-order valence-electron chi connectivity index (χ1n) is 10.2. The van der Waals surface area contributed by atoms with Gasteiger partial charge in [0.1, 0.15) is 5.75 Å². The van der Waals surface area contributed by atoms with Gasteiger partial charge in [0.2, 0.25) is 5.91 Å². The van der Waals surface area contributed by atoms with Gasteiger partial charge < -0.3 is 19.9 Å². The molecule has 0 bridgehead atoms. The summed E-state index contributed by atoms with van der Waals surface area (Å²) in [5.74, 6) is 1.23. The zero-order chi connectivity index (χ0) is 18.9. The second-order valence-corrected chi connectivity index (χ2v) is 8.37. The highest BCUT2D eigenvalue weighted by molar-refractivity contribution is 5.82. The van der Waals surface area contributed by atoms with E-state index in [1.807, 2.05) is 18.2 Å². The lowest BCUT2D eigenvalue weighted by atomic mass is 9.77. The molecule has 1 N–H and O–H groups in total. The van der Waals surface area contributed by atoms with Gasteiger partial charge >= 0.3 is 0 Å². The minimum Gasteiger partial charge on any atom is -0.495 e. The number of likely N-dealkylation sites (N-methyl/N-ethyl adjacent to an activating group) is 1. The summed E-state index contributed by atoms with van der Waals surface area (Å²) in [6.07, 6.45) is 3.42. The van der Waals surface area contributed by atoms with Crippen molar-refractivity contribution in [1.82, 2.24) is 15.1 Å². The highest BCUT2D eigenvalue weighted by Gasteiger charge is 2.46. The SMILES string of the molecule is COc1ccccc1N1CCN(C(=O)[C@H]2CC3(CCNCC3)CN2C)CC1. The fraction of sp³-hybridized carbons (Fsp3) is 0.667. The number of ether oxygens (including phenoxy) is 1. The maximum absolute atomic E-state index is 13.2. The van der Waals surface area contributed by atoms with Crippen LogP contribution in [0.2, 0.25) is 0 Å². The first-order chi connectivity index (χ1) is 13.1. The average Bonchev–Trinajstić information content (AvgIpc) is 3.03. The second kappa shape index (κ2) is 7.68. The Labute approximate surface area is 162 Å². The van der Waals surface area contributed by atoms with Crippen LogP contribution in [0.4, 0.5) is 5.69 Å². The van der Waals surface area contributed by atoms with Gasteiger partial charge in [-0.05, 0) is 56.9 Å². The van der Waals surface area contributed by atoms with Crippen LogP contribution >= 0.6 is 0 Å². The Morgan fingerprint density at radius 2 is 1.85 bits per heavy atom. The number of hydrogen-bond acceptors (Lipinski definition) is 5. The maximum atomic E-state index is 13.2. The number of amides is 1. The Balaban J connectivity index is 1.37. The van der Waals surface area contributed by atoms with E-state index < -0.39 is 0 Å². The summed E-state index contributed by atoms with van der Waals surface area (Å²) in [6.45, 7) is 6.53. The molecule has 3 fully saturated rings. The molecule has 3 saturated heterocycles. The Hall–Kier alpha value is -1.79. The fourth-order valence-electron chi connectivity index (χ4n) is 5.13. The zero-order valence-electron chi connectivity index (χ0n) is 16.6. The number of hydrogen-bond donors (Lipinski definition) is 1. The molecule has 27 heavy (non-hydrogen) atoms. The molecule has 0 unspecified atom stereocenters. The van der Waals surface area contributed by atoms with Gasteiger partial charge in [-0.25, -0.2) is 0 Å². The minimum absolute atomic E-state index is 0.0564. The van der Waals surface area contributed by atoms with Crippen LogP contribution in [0.15, 0.2) is 24.3 Å². The zero-order valence-corrected chi connectivity index (χ0v) is 16.6. The molecule has 148 valence electrons. The summed E-state index contributed by atoms with van der Waals surface area (Å²) in [4.78, 5) is 19.9. The molecular formula is C21H32N4O2. The van der Waals surface area contributed by atoms with E-state index in [9.17, 15) is 4.79 Å². The van der Waals surface area contributed by atoms with E-state index in [-0.39, 0.29) is 6.04 Å².